The van der Waals surface area contributed by atoms with Gasteiger partial charge in [0.15, 0.2) is 0 Å². The summed E-state index contributed by atoms with van der Waals surface area (Å²) in [6, 6.07) is 6.95. The summed E-state index contributed by atoms with van der Waals surface area (Å²) < 4.78 is 90.2. The van der Waals surface area contributed by atoms with Crippen molar-refractivity contribution in [3.05, 3.63) is 54.7 Å². The number of hydrogen-bond donors (Lipinski definition) is 3. The van der Waals surface area contributed by atoms with E-state index in [1.165, 1.54) is 21.0 Å². The second kappa shape index (κ2) is 18.1. The van der Waals surface area contributed by atoms with Crippen molar-refractivity contribution in [2.45, 2.75) is 140 Å². The van der Waals surface area contributed by atoms with Crippen LogP contribution in [0.1, 0.15) is 93.4 Å². The molecule has 7 atom stereocenters. The average molecular weight is 957 g/mol. The number of carboxylic acid groups (broad SMARTS) is 1. The SMILES string of the molecule is COc1ccc2c(O[C@@H]3C[C@H]4C(=O)N[C@]5(C(=O)NS(=O)(=O)C6(C)CC6)C[C@H]5/C=C\CC[C@H](C)C[C@@H](C)[C@H](N(C(=O)O)C(C)(C)C(F)(F)F)C(=O)N4C3)nc(-c3ccc(OC(C)C)nc3)cc2c1. The van der Waals surface area contributed by atoms with Crippen molar-refractivity contribution in [2.24, 2.45) is 17.8 Å². The van der Waals surface area contributed by atoms with E-state index in [0.29, 0.717) is 73.2 Å². The molecule has 16 nitrogen and oxygen atoms in total. The standard InChI is InChI=1S/C47H59F3N6O10S/c1-26(2)65-37-16-13-29(24-51-37)35-21-30-20-32(64-8)14-15-34(30)40(52-35)66-33-22-36-39(57)53-46(42(59)54-67(62,63)45(7)17-18-45)23-31(46)12-10-9-11-27(3)19-28(4)38(41(58)55(36)25-33)56(43(60)61)44(5,6)47(48,49)50/h10,12-16,20-21,24,26-28,31,33,36,38H,9,11,17-19,22-23,25H2,1-8H3,(H,53,57)(H,54,59)(H,60,61)/b12-10-/t27-,28+,31+,33+,36-,38-,46+/m0/s1. The number of nitrogens with zero attached hydrogens (tertiary/aromatic N) is 4. The Hall–Kier alpha value is -5.66. The highest BCUT2D eigenvalue weighted by Gasteiger charge is 2.64. The molecule has 4 amide bonds. The van der Waals surface area contributed by atoms with E-state index < -0.39 is 92.4 Å². The van der Waals surface area contributed by atoms with Crippen molar-refractivity contribution >= 4 is 44.6 Å². The van der Waals surface area contributed by atoms with Gasteiger partial charge in [-0.3, -0.25) is 24.0 Å². The zero-order valence-electron chi connectivity index (χ0n) is 38.8. The summed E-state index contributed by atoms with van der Waals surface area (Å²) >= 11 is 0. The van der Waals surface area contributed by atoms with Crippen LogP contribution in [0.5, 0.6) is 17.5 Å². The summed E-state index contributed by atoms with van der Waals surface area (Å²) in [7, 11) is -2.65. The highest BCUT2D eigenvalue weighted by atomic mass is 32.2. The van der Waals surface area contributed by atoms with Crippen LogP contribution in [0, 0.1) is 17.8 Å². The smallest absolute Gasteiger partial charge is 0.411 e. The van der Waals surface area contributed by atoms with Crippen molar-refractivity contribution in [3.8, 4) is 28.8 Å². The number of halogens is 3. The van der Waals surface area contributed by atoms with Crippen LogP contribution in [0.3, 0.4) is 0 Å². The van der Waals surface area contributed by atoms with Crippen LogP contribution < -0.4 is 24.2 Å². The molecule has 2 aliphatic heterocycles. The van der Waals surface area contributed by atoms with Crippen LogP contribution in [0.25, 0.3) is 22.0 Å². The summed E-state index contributed by atoms with van der Waals surface area (Å²) in [6.45, 7) is 9.60. The van der Waals surface area contributed by atoms with Crippen LogP contribution in [0.4, 0.5) is 18.0 Å². The fraction of sp³-hybridized carbons (Fsp3) is 0.574. The quantitative estimate of drug-likeness (QED) is 0.166. The van der Waals surface area contributed by atoms with E-state index in [-0.39, 0.29) is 42.1 Å². The lowest BCUT2D eigenvalue weighted by atomic mass is 9.85. The van der Waals surface area contributed by atoms with Gasteiger partial charge in [-0.05, 0) is 121 Å². The van der Waals surface area contributed by atoms with E-state index in [9.17, 15) is 41.1 Å². The Morgan fingerprint density at radius 2 is 1.79 bits per heavy atom. The summed E-state index contributed by atoms with van der Waals surface area (Å²) in [5, 5.41) is 14.5. The summed E-state index contributed by atoms with van der Waals surface area (Å²) in [6.07, 6.45) is -1.66. The maximum atomic E-state index is 15.3. The number of benzene rings is 1. The number of sulfonamides is 1. The van der Waals surface area contributed by atoms with Gasteiger partial charge in [-0.1, -0.05) is 26.0 Å². The third-order valence-electron chi connectivity index (χ3n) is 13.7. The van der Waals surface area contributed by atoms with Gasteiger partial charge in [-0.25, -0.2) is 23.2 Å². The lowest BCUT2D eigenvalue weighted by Gasteiger charge is -2.45. The number of carbonyl (C=O) groups excluding carboxylic acids is 3. The summed E-state index contributed by atoms with van der Waals surface area (Å²) in [4.78, 5) is 67.7. The number of pyridine rings is 2. The number of ether oxygens (including phenoxy) is 3. The van der Waals surface area contributed by atoms with Crippen LogP contribution in [0.2, 0.25) is 0 Å². The first kappa shape index (κ1) is 49.3. The molecule has 2 aromatic heterocycles. The number of fused-ring (bicyclic) bond motifs is 3. The van der Waals surface area contributed by atoms with E-state index in [0.717, 1.165) is 4.90 Å². The highest BCUT2D eigenvalue weighted by Crippen LogP contribution is 2.48. The molecular formula is C47H59F3N6O10S. The van der Waals surface area contributed by atoms with E-state index in [1.807, 2.05) is 20.8 Å². The first-order valence-corrected chi connectivity index (χ1v) is 24.0. The largest absolute Gasteiger partial charge is 0.497 e. The Labute approximate surface area is 388 Å². The van der Waals surface area contributed by atoms with E-state index in [1.54, 1.807) is 54.7 Å². The fourth-order valence-corrected chi connectivity index (χ4v) is 10.5. The molecule has 4 heterocycles. The van der Waals surface area contributed by atoms with E-state index in [2.05, 4.69) is 15.0 Å². The average Bonchev–Trinajstić information content (AvgIpc) is 4.13. The second-order valence-electron chi connectivity index (χ2n) is 19.6. The van der Waals surface area contributed by atoms with Crippen molar-refractivity contribution in [2.75, 3.05) is 13.7 Å². The Kier molecular flexibility index (Phi) is 13.3. The molecule has 20 heteroatoms. The number of rotatable bonds is 11. The molecule has 1 aromatic carbocycles. The number of amides is 4. The zero-order chi connectivity index (χ0) is 49.0. The van der Waals surface area contributed by atoms with Crippen LogP contribution in [-0.2, 0) is 24.4 Å². The Balaban J connectivity index is 1.31. The number of nitrogens with one attached hydrogen (secondary N) is 2. The molecule has 3 aromatic rings. The highest BCUT2D eigenvalue weighted by molar-refractivity contribution is 7.91. The molecule has 3 fully saturated rings. The molecule has 0 radical (unpaired) electrons. The molecule has 1 saturated heterocycles. The van der Waals surface area contributed by atoms with Crippen molar-refractivity contribution < 1.29 is 60.1 Å². The van der Waals surface area contributed by atoms with Gasteiger partial charge in [0.1, 0.15) is 35.0 Å². The first-order chi connectivity index (χ1) is 31.3. The zero-order valence-corrected chi connectivity index (χ0v) is 39.7. The predicted octanol–water partition coefficient (Wildman–Crippen LogP) is 7.02. The summed E-state index contributed by atoms with van der Waals surface area (Å²) in [5.41, 5.74) is -3.81. The molecule has 0 bridgehead atoms. The van der Waals surface area contributed by atoms with Gasteiger partial charge in [0.05, 0.1) is 30.2 Å². The normalized spacial score (nSPS) is 27.1. The maximum Gasteiger partial charge on any atom is 0.411 e. The van der Waals surface area contributed by atoms with Gasteiger partial charge in [0.25, 0.3) is 5.91 Å². The minimum absolute atomic E-state index is 0.0290. The van der Waals surface area contributed by atoms with Gasteiger partial charge in [0.2, 0.25) is 33.6 Å². The number of allylic oxidation sites excluding steroid dienone is 1. The third-order valence-corrected chi connectivity index (χ3v) is 15.8. The first-order valence-electron chi connectivity index (χ1n) is 22.5. The molecular weight excluding hydrogens is 898 g/mol. The van der Waals surface area contributed by atoms with Crippen LogP contribution >= 0.6 is 0 Å². The van der Waals surface area contributed by atoms with E-state index >= 15 is 4.79 Å². The Morgan fingerprint density at radius 3 is 2.40 bits per heavy atom. The lowest BCUT2D eigenvalue weighted by Crippen LogP contribution is -2.66. The molecule has 2 saturated carbocycles. The molecule has 0 unspecified atom stereocenters. The molecule has 3 N–H and O–H groups in total. The summed E-state index contributed by atoms with van der Waals surface area (Å²) in [5.74, 6) is -3.78. The minimum Gasteiger partial charge on any atom is -0.497 e. The van der Waals surface area contributed by atoms with Gasteiger partial charge in [0, 0.05) is 35.6 Å². The third kappa shape index (κ3) is 9.86. The number of alkyl halides is 3. The number of methoxy groups -OCH3 is 1. The molecule has 4 aliphatic rings. The van der Waals surface area contributed by atoms with Crippen LogP contribution in [-0.4, -0.2) is 117 Å². The van der Waals surface area contributed by atoms with Crippen molar-refractivity contribution in [1.29, 1.82) is 0 Å². The minimum atomic E-state index is -5.12. The lowest BCUT2D eigenvalue weighted by molar-refractivity contribution is -0.222. The van der Waals surface area contributed by atoms with Crippen molar-refractivity contribution in [1.82, 2.24) is 29.8 Å². The number of hydrogen-bond acceptors (Lipinski definition) is 11. The van der Waals surface area contributed by atoms with Gasteiger partial charge >= 0.3 is 12.3 Å². The number of carbonyl (C=O) groups is 4. The molecule has 2 aliphatic carbocycles. The fourth-order valence-electron chi connectivity index (χ4n) is 9.15. The second-order valence-corrected chi connectivity index (χ2v) is 21.8. The predicted molar refractivity (Wildman–Crippen MR) is 241 cm³/mol. The van der Waals surface area contributed by atoms with Crippen molar-refractivity contribution in [3.63, 3.8) is 0 Å². The monoisotopic (exact) mass is 956 g/mol. The Bertz CT molecular complexity index is 2550. The maximum absolute atomic E-state index is 15.3. The number of aromatic nitrogens is 2. The van der Waals surface area contributed by atoms with E-state index in [4.69, 9.17) is 19.2 Å². The van der Waals surface area contributed by atoms with Gasteiger partial charge < -0.3 is 29.5 Å². The van der Waals surface area contributed by atoms with Gasteiger partial charge in [-0.15, -0.1) is 0 Å². The topological polar surface area (TPSA) is 207 Å². The Morgan fingerprint density at radius 1 is 1.07 bits per heavy atom. The molecule has 7 rings (SSSR count). The molecule has 364 valence electrons. The van der Waals surface area contributed by atoms with Gasteiger partial charge in [-0.2, -0.15) is 13.2 Å². The molecule has 0 spiro atoms. The van der Waals surface area contributed by atoms with Crippen LogP contribution in [0.15, 0.2) is 54.7 Å². The molecule has 67 heavy (non-hydrogen) atoms.